The molecule has 0 bridgehead atoms. The molecule has 2 unspecified atom stereocenters. The van der Waals surface area contributed by atoms with Crippen molar-refractivity contribution in [2.24, 2.45) is 73.4 Å². The van der Waals surface area contributed by atoms with Gasteiger partial charge in [0.1, 0.15) is 6.61 Å². The summed E-state index contributed by atoms with van der Waals surface area (Å²) in [6.45, 7) is 25.0. The maximum atomic E-state index is 15.8. The third kappa shape index (κ3) is 7.62. The average molecular weight is 971 g/mol. The van der Waals surface area contributed by atoms with Gasteiger partial charge in [-0.3, -0.25) is 24.1 Å². The number of fused-ring (bicyclic) bond motifs is 7. The molecule has 2 aromatic carbocycles. The molecule has 71 heavy (non-hydrogen) atoms. The Bertz CT molecular complexity index is 2410. The zero-order valence-electron chi connectivity index (χ0n) is 44.8. The zero-order chi connectivity index (χ0) is 50.5. The van der Waals surface area contributed by atoms with Gasteiger partial charge in [-0.15, -0.1) is 0 Å². The number of Topliss-reactive ketones (excluding diaryl/α,β-unsaturated/α-hetero) is 1. The number of carbonyl (C=O) groups excluding carboxylic acids is 3. The smallest absolute Gasteiger partial charge is 0.310 e. The number of rotatable bonds is 13. The minimum Gasteiger partial charge on any atom is -0.481 e. The minimum absolute atomic E-state index is 0.00349. The van der Waals surface area contributed by atoms with Crippen LogP contribution in [0.15, 0.2) is 71.8 Å². The Balaban J connectivity index is 0.879. The van der Waals surface area contributed by atoms with Crippen molar-refractivity contribution in [3.63, 3.8) is 0 Å². The van der Waals surface area contributed by atoms with E-state index < -0.39 is 28.1 Å². The van der Waals surface area contributed by atoms with Crippen LogP contribution in [0.2, 0.25) is 0 Å². The third-order valence-electron chi connectivity index (χ3n) is 22.9. The molecule has 386 valence electrons. The Morgan fingerprint density at radius 1 is 0.718 bits per heavy atom. The predicted octanol–water partition coefficient (Wildman–Crippen LogP) is 12.1. The largest absolute Gasteiger partial charge is 0.481 e. The second kappa shape index (κ2) is 18.2. The fourth-order valence-electron chi connectivity index (χ4n) is 19.1. The number of ether oxygens (including phenoxy) is 2. The van der Waals surface area contributed by atoms with Gasteiger partial charge in [0.2, 0.25) is 5.91 Å². The van der Waals surface area contributed by atoms with E-state index >= 15 is 4.79 Å². The molecular weight excluding hydrogens is 885 g/mol. The van der Waals surface area contributed by atoms with Crippen LogP contribution >= 0.6 is 0 Å². The molecule has 9 nitrogen and oxygen atoms in total. The number of amides is 1. The monoisotopic (exact) mass is 971 g/mol. The molecule has 0 radical (unpaired) electrons. The summed E-state index contributed by atoms with van der Waals surface area (Å²) in [6.07, 6.45) is 12.5. The van der Waals surface area contributed by atoms with Crippen LogP contribution in [0.3, 0.4) is 0 Å². The standard InChI is InChI=1S/C62H86N2O7/c1-40(2)51-47(65)35-61(54(67)64-33-17-22-43(64)36-63-32-16-23-44(63)39-70-37-41-18-12-10-13-19-41)31-30-59(8)45(52(51)61)24-25-50-58(7)28-26-49(56(3,4)48(58)27-29-60(50,59)9)62(55(68)69)34-46(57(62,5)6)53(66)71-38-42-20-14-11-15-21-42/h10-15,18-21,40,43-46,48-50H,16-17,22-39H2,1-9H3,(H,68,69)/t43?,44?,45-,46+,48-,49+,50-,58-,59-,60-,61-,62-/m1/s1. The highest BCUT2D eigenvalue weighted by Gasteiger charge is 2.76. The summed E-state index contributed by atoms with van der Waals surface area (Å²) < 4.78 is 12.2. The van der Waals surface area contributed by atoms with Crippen LogP contribution in [0.4, 0.5) is 0 Å². The quantitative estimate of drug-likeness (QED) is 0.198. The van der Waals surface area contributed by atoms with Crippen LogP contribution in [0.5, 0.6) is 0 Å². The molecule has 8 aliphatic rings. The molecule has 12 atom stereocenters. The van der Waals surface area contributed by atoms with Crippen molar-refractivity contribution < 1.29 is 33.8 Å². The number of carboxylic acid groups (broad SMARTS) is 1. The number of likely N-dealkylation sites (tertiary alicyclic amines) is 2. The van der Waals surface area contributed by atoms with Crippen molar-refractivity contribution in [3.8, 4) is 0 Å². The maximum Gasteiger partial charge on any atom is 0.310 e. The molecule has 9 heteroatoms. The van der Waals surface area contributed by atoms with E-state index in [1.807, 2.05) is 50.2 Å². The number of esters is 1. The number of carboxylic acids is 1. The minimum atomic E-state index is -1.03. The second-order valence-electron chi connectivity index (χ2n) is 26.6. The molecule has 6 aliphatic carbocycles. The molecule has 10 rings (SSSR count). The second-order valence-corrected chi connectivity index (χ2v) is 26.6. The topological polar surface area (TPSA) is 113 Å². The number of ketones is 1. The Labute approximate surface area is 425 Å². The Kier molecular flexibility index (Phi) is 13.0. The number of aliphatic carboxylic acids is 1. The SMILES string of the molecule is CC(C)C1=C2[C@H]3CC[C@@H]4[C@]5(C)CC[C@H]([C@@]6(C(=O)O)C[C@@H](C(=O)OCc7ccccc7)C6(C)C)C(C)(C)[C@H]5CC[C@@]4(C)[C@]3(C)CC[C@@]2(C(=O)N2CCCC2CN2CCCC2COCc2ccccc2)CC1=O. The lowest BCUT2D eigenvalue weighted by Crippen LogP contribution is -2.71. The van der Waals surface area contributed by atoms with E-state index in [0.29, 0.717) is 43.9 Å². The summed E-state index contributed by atoms with van der Waals surface area (Å²) in [5.74, 6) is -0.189. The highest BCUT2D eigenvalue weighted by molar-refractivity contribution is 6.07. The fourth-order valence-corrected chi connectivity index (χ4v) is 19.1. The van der Waals surface area contributed by atoms with Crippen molar-refractivity contribution in [2.45, 2.75) is 178 Å². The van der Waals surface area contributed by atoms with Crippen LogP contribution in [0.1, 0.15) is 163 Å². The normalized spacial score (nSPS) is 39.3. The van der Waals surface area contributed by atoms with Crippen molar-refractivity contribution in [2.75, 3.05) is 26.2 Å². The van der Waals surface area contributed by atoms with E-state index in [-0.39, 0.29) is 69.7 Å². The van der Waals surface area contributed by atoms with Gasteiger partial charge in [0, 0.05) is 31.6 Å². The van der Waals surface area contributed by atoms with Gasteiger partial charge in [-0.1, -0.05) is 123 Å². The lowest BCUT2D eigenvalue weighted by molar-refractivity contribution is -0.261. The molecular formula is C62H86N2O7. The summed E-state index contributed by atoms with van der Waals surface area (Å²) >= 11 is 0. The highest BCUT2D eigenvalue weighted by atomic mass is 16.5. The number of benzene rings is 2. The first-order chi connectivity index (χ1) is 33.7. The number of hydrogen-bond donors (Lipinski definition) is 1. The lowest BCUT2D eigenvalue weighted by atomic mass is 9.29. The molecule has 5 saturated carbocycles. The molecule has 0 aromatic heterocycles. The zero-order valence-corrected chi connectivity index (χ0v) is 44.8. The number of hydrogen-bond acceptors (Lipinski definition) is 7. The van der Waals surface area contributed by atoms with Crippen molar-refractivity contribution in [1.82, 2.24) is 9.80 Å². The third-order valence-corrected chi connectivity index (χ3v) is 22.9. The molecule has 2 aliphatic heterocycles. The first kappa shape index (κ1) is 50.7. The Morgan fingerprint density at radius 3 is 2.03 bits per heavy atom. The molecule has 1 amide bonds. The predicted molar refractivity (Wildman–Crippen MR) is 277 cm³/mol. The first-order valence-electron chi connectivity index (χ1n) is 28.1. The summed E-state index contributed by atoms with van der Waals surface area (Å²) in [6, 6.07) is 20.6. The van der Waals surface area contributed by atoms with Crippen LogP contribution in [-0.2, 0) is 41.9 Å². The lowest BCUT2D eigenvalue weighted by Gasteiger charge is -2.74. The first-order valence-corrected chi connectivity index (χ1v) is 28.1. The Hall–Kier alpha value is -3.82. The van der Waals surface area contributed by atoms with Gasteiger partial charge in [-0.05, 0) is 169 Å². The van der Waals surface area contributed by atoms with Crippen LogP contribution in [0, 0.1) is 73.4 Å². The average Bonchev–Trinajstić information content (AvgIpc) is 4.07. The van der Waals surface area contributed by atoms with Crippen LogP contribution in [-0.4, -0.2) is 76.9 Å². The fraction of sp³-hybridized carbons (Fsp3) is 0.710. The van der Waals surface area contributed by atoms with E-state index in [0.717, 1.165) is 108 Å². The summed E-state index contributed by atoms with van der Waals surface area (Å²) in [5.41, 5.74) is 1.36. The number of carbonyl (C=O) groups is 4. The summed E-state index contributed by atoms with van der Waals surface area (Å²) in [7, 11) is 0. The van der Waals surface area contributed by atoms with E-state index in [9.17, 15) is 19.5 Å². The molecule has 2 aromatic rings. The molecule has 2 heterocycles. The number of allylic oxidation sites excluding steroid dienone is 1. The van der Waals surface area contributed by atoms with E-state index in [1.165, 1.54) is 11.1 Å². The van der Waals surface area contributed by atoms with Gasteiger partial charge < -0.3 is 19.5 Å². The maximum absolute atomic E-state index is 15.8. The number of nitrogens with zero attached hydrogens (tertiary/aromatic N) is 2. The Morgan fingerprint density at radius 2 is 1.37 bits per heavy atom. The highest BCUT2D eigenvalue weighted by Crippen LogP contribution is 2.79. The van der Waals surface area contributed by atoms with E-state index in [4.69, 9.17) is 9.47 Å². The molecule has 2 saturated heterocycles. The van der Waals surface area contributed by atoms with Crippen molar-refractivity contribution >= 4 is 23.6 Å². The molecule has 0 spiro atoms. The van der Waals surface area contributed by atoms with Gasteiger partial charge in [0.15, 0.2) is 5.78 Å². The van der Waals surface area contributed by atoms with E-state index in [2.05, 4.69) is 82.5 Å². The van der Waals surface area contributed by atoms with Gasteiger partial charge >= 0.3 is 11.9 Å². The molecule has 1 N–H and O–H groups in total. The van der Waals surface area contributed by atoms with E-state index in [1.54, 1.807) is 0 Å². The van der Waals surface area contributed by atoms with Gasteiger partial charge in [-0.25, -0.2) is 0 Å². The molecule has 7 fully saturated rings. The van der Waals surface area contributed by atoms with Gasteiger partial charge in [0.05, 0.1) is 30.0 Å². The summed E-state index contributed by atoms with van der Waals surface area (Å²) in [4.78, 5) is 62.9. The van der Waals surface area contributed by atoms with Gasteiger partial charge in [-0.2, -0.15) is 0 Å². The van der Waals surface area contributed by atoms with Crippen LogP contribution in [0.25, 0.3) is 0 Å². The van der Waals surface area contributed by atoms with Crippen molar-refractivity contribution in [3.05, 3.63) is 82.9 Å². The van der Waals surface area contributed by atoms with Gasteiger partial charge in [0.25, 0.3) is 0 Å². The van der Waals surface area contributed by atoms with Crippen molar-refractivity contribution in [1.29, 1.82) is 0 Å². The van der Waals surface area contributed by atoms with Crippen LogP contribution < -0.4 is 0 Å². The summed E-state index contributed by atoms with van der Waals surface area (Å²) in [5, 5.41) is 11.4.